The van der Waals surface area contributed by atoms with E-state index in [2.05, 4.69) is 0 Å². The average Bonchev–Trinajstić information content (AvgIpc) is 3.36. The normalized spacial score (nSPS) is 10.6. The number of esters is 4. The highest BCUT2D eigenvalue weighted by Crippen LogP contribution is 2.32. The Morgan fingerprint density at radius 3 is 1.02 bits per heavy atom. The Labute approximate surface area is 369 Å². The second-order valence-electron chi connectivity index (χ2n) is 14.6. The zero-order chi connectivity index (χ0) is 44.3. The van der Waals surface area contributed by atoms with Crippen LogP contribution in [0, 0.1) is 0 Å². The lowest BCUT2D eigenvalue weighted by molar-refractivity contribution is 0.0464. The van der Waals surface area contributed by atoms with Gasteiger partial charge in [0.15, 0.2) is 17.3 Å². The minimum atomic E-state index is -0.746. The van der Waals surface area contributed by atoms with Crippen molar-refractivity contribution >= 4 is 29.7 Å². The first-order chi connectivity index (χ1) is 31.3. The molecule has 0 saturated carbocycles. The maximum atomic E-state index is 13.6. The Balaban J connectivity index is 0.941. The minimum Gasteiger partial charge on any atom is -0.457 e. The van der Waals surface area contributed by atoms with Crippen molar-refractivity contribution in [2.45, 2.75) is 13.2 Å². The zero-order valence-electron chi connectivity index (χ0n) is 34.2. The molecule has 0 aliphatic rings. The summed E-state index contributed by atoms with van der Waals surface area (Å²) in [6, 6.07) is 59.1. The Bertz CT molecular complexity index is 2910. The van der Waals surface area contributed by atoms with E-state index in [0.717, 1.165) is 33.4 Å². The van der Waals surface area contributed by atoms with Crippen molar-refractivity contribution in [1.82, 2.24) is 0 Å². The van der Waals surface area contributed by atoms with Crippen molar-refractivity contribution in [3.63, 3.8) is 0 Å². The first-order valence-electron chi connectivity index (χ1n) is 20.3. The number of ether oxygens (including phenoxy) is 4. The van der Waals surface area contributed by atoms with Crippen LogP contribution in [0.15, 0.2) is 206 Å². The molecule has 0 atom stereocenters. The molecule has 0 amide bonds. The van der Waals surface area contributed by atoms with Crippen molar-refractivity contribution in [3.05, 3.63) is 251 Å². The van der Waals surface area contributed by atoms with Crippen LogP contribution in [0.2, 0.25) is 0 Å². The molecule has 0 aromatic heterocycles. The molecule has 0 aliphatic carbocycles. The highest BCUT2D eigenvalue weighted by atomic mass is 16.6. The van der Waals surface area contributed by atoms with Gasteiger partial charge in [0.2, 0.25) is 0 Å². The SMILES string of the molecule is O=C(OCc1ccccc1)c1ccc(-c2ccc(C(=O)Oc3ccc(C(=O)c4ccccc4)cc3OC(=O)c3ccc(-c4ccc(C(=O)OCc5ccccc5)cc4)cc3)cc2)cc1. The number of rotatable bonds is 14. The second kappa shape index (κ2) is 19.8. The lowest BCUT2D eigenvalue weighted by atomic mass is 10.0. The lowest BCUT2D eigenvalue weighted by Crippen LogP contribution is -2.13. The van der Waals surface area contributed by atoms with Crippen molar-refractivity contribution in [2.24, 2.45) is 0 Å². The second-order valence-corrected chi connectivity index (χ2v) is 14.6. The Hall–Kier alpha value is -8.69. The van der Waals surface area contributed by atoms with Gasteiger partial charge in [-0.1, -0.05) is 140 Å². The molecule has 0 bridgehead atoms. The number of hydrogen-bond acceptors (Lipinski definition) is 9. The Kier molecular flexibility index (Phi) is 13.0. The fourth-order valence-electron chi connectivity index (χ4n) is 6.70. The van der Waals surface area contributed by atoms with Gasteiger partial charge >= 0.3 is 23.9 Å². The maximum absolute atomic E-state index is 13.6. The van der Waals surface area contributed by atoms with Gasteiger partial charge in [-0.15, -0.1) is 0 Å². The van der Waals surface area contributed by atoms with E-state index in [9.17, 15) is 24.0 Å². The number of hydrogen-bond donors (Lipinski definition) is 0. The molecule has 0 radical (unpaired) electrons. The molecular formula is C55H38O9. The summed E-state index contributed by atoms with van der Waals surface area (Å²) in [7, 11) is 0. The van der Waals surface area contributed by atoms with Gasteiger partial charge < -0.3 is 18.9 Å². The molecule has 64 heavy (non-hydrogen) atoms. The number of ketones is 1. The smallest absolute Gasteiger partial charge is 0.343 e. The fraction of sp³-hybridized carbons (Fsp3) is 0.0364. The standard InChI is InChI=1S/C55H38O9/c56-51(43-14-8-3-9-15-43)48-32-33-49(63-54(59)46-28-20-41(21-29-46)39-16-24-44(25-17-39)52(57)61-35-37-10-4-1-5-11-37)50(34-48)64-55(60)47-30-22-42(23-31-47)40-18-26-45(27-19-40)53(58)62-36-38-12-6-2-7-13-38/h1-34H,35-36H2. The van der Waals surface area contributed by atoms with Crippen molar-refractivity contribution in [3.8, 4) is 33.8 Å². The van der Waals surface area contributed by atoms with E-state index in [4.69, 9.17) is 18.9 Å². The predicted octanol–water partition coefficient (Wildman–Crippen LogP) is 11.4. The topological polar surface area (TPSA) is 122 Å². The van der Waals surface area contributed by atoms with Gasteiger partial charge in [0.1, 0.15) is 13.2 Å². The minimum absolute atomic E-state index is 0.0687. The molecule has 8 aromatic rings. The van der Waals surface area contributed by atoms with E-state index < -0.39 is 23.9 Å². The van der Waals surface area contributed by atoms with Gasteiger partial charge in [-0.3, -0.25) is 4.79 Å². The van der Waals surface area contributed by atoms with E-state index in [0.29, 0.717) is 16.7 Å². The monoisotopic (exact) mass is 842 g/mol. The molecule has 312 valence electrons. The van der Waals surface area contributed by atoms with Crippen molar-refractivity contribution < 1.29 is 42.9 Å². The fourth-order valence-corrected chi connectivity index (χ4v) is 6.70. The van der Waals surface area contributed by atoms with Gasteiger partial charge in [0, 0.05) is 11.1 Å². The molecule has 0 fully saturated rings. The number of benzene rings is 8. The van der Waals surface area contributed by atoms with Gasteiger partial charge in [0.05, 0.1) is 22.3 Å². The predicted molar refractivity (Wildman–Crippen MR) is 241 cm³/mol. The highest BCUT2D eigenvalue weighted by Gasteiger charge is 2.20. The van der Waals surface area contributed by atoms with E-state index in [1.165, 1.54) is 18.2 Å². The molecule has 0 spiro atoms. The summed E-state index contributed by atoms with van der Waals surface area (Å²) in [5, 5.41) is 0. The number of carbonyl (C=O) groups is 5. The molecule has 0 N–H and O–H groups in total. The van der Waals surface area contributed by atoms with Crippen LogP contribution < -0.4 is 9.47 Å². The van der Waals surface area contributed by atoms with Gasteiger partial charge in [-0.25, -0.2) is 19.2 Å². The Morgan fingerprint density at radius 2 is 0.625 bits per heavy atom. The first-order valence-corrected chi connectivity index (χ1v) is 20.3. The lowest BCUT2D eigenvalue weighted by Gasteiger charge is -2.13. The summed E-state index contributed by atoms with van der Waals surface area (Å²) >= 11 is 0. The van der Waals surface area contributed by atoms with E-state index in [1.807, 2.05) is 60.7 Å². The zero-order valence-corrected chi connectivity index (χ0v) is 34.2. The molecule has 0 unspecified atom stereocenters. The van der Waals surface area contributed by atoms with Crippen molar-refractivity contribution in [1.29, 1.82) is 0 Å². The van der Waals surface area contributed by atoms with Crippen LogP contribution in [0.3, 0.4) is 0 Å². The quantitative estimate of drug-likeness (QED) is 0.0598. The van der Waals surface area contributed by atoms with Crippen LogP contribution >= 0.6 is 0 Å². The van der Waals surface area contributed by atoms with E-state index in [-0.39, 0.29) is 47.2 Å². The third-order valence-corrected chi connectivity index (χ3v) is 10.2. The van der Waals surface area contributed by atoms with E-state index >= 15 is 0 Å². The first kappa shape index (κ1) is 42.0. The van der Waals surface area contributed by atoms with Crippen LogP contribution in [0.4, 0.5) is 0 Å². The van der Waals surface area contributed by atoms with Crippen LogP contribution in [-0.4, -0.2) is 29.7 Å². The summed E-state index contributed by atoms with van der Waals surface area (Å²) in [5.41, 5.74) is 6.87. The van der Waals surface area contributed by atoms with Crippen LogP contribution in [0.1, 0.15) is 68.5 Å². The maximum Gasteiger partial charge on any atom is 0.343 e. The largest absolute Gasteiger partial charge is 0.457 e. The van der Waals surface area contributed by atoms with Gasteiger partial charge in [-0.05, 0) is 100 Å². The van der Waals surface area contributed by atoms with Gasteiger partial charge in [0.25, 0.3) is 0 Å². The summed E-state index contributed by atoms with van der Waals surface area (Å²) in [6.07, 6.45) is 0. The molecule has 0 aliphatic heterocycles. The molecular weight excluding hydrogens is 805 g/mol. The molecule has 9 nitrogen and oxygen atoms in total. The summed E-state index contributed by atoms with van der Waals surface area (Å²) in [5.74, 6) is -2.85. The highest BCUT2D eigenvalue weighted by molar-refractivity contribution is 6.09. The molecule has 8 aromatic carbocycles. The van der Waals surface area contributed by atoms with Crippen LogP contribution in [0.25, 0.3) is 22.3 Å². The van der Waals surface area contributed by atoms with Crippen LogP contribution in [0.5, 0.6) is 11.5 Å². The van der Waals surface area contributed by atoms with Gasteiger partial charge in [-0.2, -0.15) is 0 Å². The summed E-state index contributed by atoms with van der Waals surface area (Å²) < 4.78 is 22.5. The average molecular weight is 843 g/mol. The van der Waals surface area contributed by atoms with Crippen LogP contribution in [-0.2, 0) is 22.7 Å². The third kappa shape index (κ3) is 10.4. The Morgan fingerprint density at radius 1 is 0.297 bits per heavy atom. The molecule has 0 saturated heterocycles. The summed E-state index contributed by atoms with van der Waals surface area (Å²) in [4.78, 5) is 65.8. The summed E-state index contributed by atoms with van der Waals surface area (Å²) in [6.45, 7) is 0.337. The molecule has 9 heteroatoms. The van der Waals surface area contributed by atoms with E-state index in [1.54, 1.807) is 127 Å². The number of carbonyl (C=O) groups excluding carboxylic acids is 5. The molecule has 8 rings (SSSR count). The molecule has 0 heterocycles. The van der Waals surface area contributed by atoms with Crippen molar-refractivity contribution in [2.75, 3.05) is 0 Å². The third-order valence-electron chi connectivity index (χ3n) is 10.2.